The van der Waals surface area contributed by atoms with Crippen LogP contribution in [0, 0.1) is 0 Å². The molecule has 0 saturated heterocycles. The molecule has 0 atom stereocenters. The van der Waals surface area contributed by atoms with Gasteiger partial charge < -0.3 is 5.32 Å². The predicted molar refractivity (Wildman–Crippen MR) is 71.2 cm³/mol. The van der Waals surface area contributed by atoms with Crippen molar-refractivity contribution in [3.05, 3.63) is 29.5 Å². The van der Waals surface area contributed by atoms with E-state index in [1.807, 2.05) is 0 Å². The van der Waals surface area contributed by atoms with Crippen LogP contribution in [-0.4, -0.2) is 31.4 Å². The summed E-state index contributed by atoms with van der Waals surface area (Å²) < 4.78 is 1.48. The van der Waals surface area contributed by atoms with E-state index in [2.05, 4.69) is 36.8 Å². The third kappa shape index (κ3) is 3.05. The van der Waals surface area contributed by atoms with Gasteiger partial charge in [-0.05, 0) is 28.6 Å². The maximum absolute atomic E-state index is 11.5. The molecule has 2 rings (SSSR count). The van der Waals surface area contributed by atoms with Crippen molar-refractivity contribution < 1.29 is 4.79 Å². The molecule has 1 aromatic carbocycles. The van der Waals surface area contributed by atoms with Crippen LogP contribution in [0.5, 0.6) is 0 Å². The third-order valence-corrected chi connectivity index (χ3v) is 2.89. The summed E-state index contributed by atoms with van der Waals surface area (Å²) in [5.74, 6) is -0.109. The largest absolute Gasteiger partial charge is 0.325 e. The quantitative estimate of drug-likeness (QED) is 0.871. The minimum absolute atomic E-state index is 0.109. The molecule has 0 fully saturated rings. The summed E-state index contributed by atoms with van der Waals surface area (Å²) >= 11 is 9.22. The Morgan fingerprint density at radius 2 is 2.33 bits per heavy atom. The maximum Gasteiger partial charge on any atom is 0.225 e. The molecule has 1 N–H and O–H groups in total. The lowest BCUT2D eigenvalue weighted by molar-refractivity contribution is -0.115. The average molecular weight is 331 g/mol. The standard InChI is InChI=1S/C10H9BrClN5O/c11-4-3-10(18)14-9-5-7(1-2-8(9)12)17-6-13-15-16-17/h1-2,5-6H,3-4H2,(H,14,18). The van der Waals surface area contributed by atoms with E-state index in [1.54, 1.807) is 18.2 Å². The number of hydrogen-bond donors (Lipinski definition) is 1. The number of hydrogen-bond acceptors (Lipinski definition) is 4. The molecule has 0 aliphatic rings. The van der Waals surface area contributed by atoms with Gasteiger partial charge in [-0.2, -0.15) is 0 Å². The molecule has 8 heteroatoms. The number of alkyl halides is 1. The summed E-state index contributed by atoms with van der Waals surface area (Å²) in [6, 6.07) is 5.16. The molecular formula is C10H9BrClN5O. The minimum atomic E-state index is -0.109. The van der Waals surface area contributed by atoms with Crippen molar-refractivity contribution >= 4 is 39.1 Å². The number of halogens is 2. The Morgan fingerprint density at radius 3 is 3.00 bits per heavy atom. The molecule has 0 bridgehead atoms. The first kappa shape index (κ1) is 13.0. The first-order chi connectivity index (χ1) is 8.70. The zero-order chi connectivity index (χ0) is 13.0. The summed E-state index contributed by atoms with van der Waals surface area (Å²) in [6.07, 6.45) is 1.85. The summed E-state index contributed by atoms with van der Waals surface area (Å²) in [4.78, 5) is 11.5. The Labute approximate surface area is 116 Å². The second kappa shape index (κ2) is 5.92. The summed E-state index contributed by atoms with van der Waals surface area (Å²) in [6.45, 7) is 0. The summed E-state index contributed by atoms with van der Waals surface area (Å²) in [5, 5.41) is 14.7. The smallest absolute Gasteiger partial charge is 0.225 e. The molecule has 94 valence electrons. The zero-order valence-electron chi connectivity index (χ0n) is 9.18. The fourth-order valence-electron chi connectivity index (χ4n) is 1.33. The number of nitrogens with zero attached hydrogens (tertiary/aromatic N) is 4. The normalized spacial score (nSPS) is 10.3. The Bertz CT molecular complexity index is 545. The van der Waals surface area contributed by atoms with E-state index in [0.29, 0.717) is 22.5 Å². The van der Waals surface area contributed by atoms with Gasteiger partial charge in [0, 0.05) is 11.8 Å². The summed E-state index contributed by atoms with van der Waals surface area (Å²) in [7, 11) is 0. The Morgan fingerprint density at radius 1 is 1.50 bits per heavy atom. The highest BCUT2D eigenvalue weighted by Crippen LogP contribution is 2.24. The molecule has 0 saturated carbocycles. The second-order valence-electron chi connectivity index (χ2n) is 3.41. The van der Waals surface area contributed by atoms with E-state index >= 15 is 0 Å². The topological polar surface area (TPSA) is 72.7 Å². The van der Waals surface area contributed by atoms with Gasteiger partial charge in [0.15, 0.2) is 0 Å². The summed E-state index contributed by atoms with van der Waals surface area (Å²) in [5.41, 5.74) is 1.26. The van der Waals surface area contributed by atoms with Crippen molar-refractivity contribution in [1.82, 2.24) is 20.2 Å². The van der Waals surface area contributed by atoms with Crippen LogP contribution in [-0.2, 0) is 4.79 Å². The number of rotatable bonds is 4. The molecule has 1 heterocycles. The van der Waals surface area contributed by atoms with Gasteiger partial charge in [-0.1, -0.05) is 27.5 Å². The van der Waals surface area contributed by atoms with Crippen LogP contribution < -0.4 is 5.32 Å². The molecular weight excluding hydrogens is 322 g/mol. The van der Waals surface area contributed by atoms with E-state index in [1.165, 1.54) is 11.0 Å². The number of anilines is 1. The Kier molecular flexibility index (Phi) is 4.27. The van der Waals surface area contributed by atoms with Gasteiger partial charge in [-0.3, -0.25) is 4.79 Å². The van der Waals surface area contributed by atoms with E-state index in [4.69, 9.17) is 11.6 Å². The number of benzene rings is 1. The predicted octanol–water partition coefficient (Wildman–Crippen LogP) is 2.04. The van der Waals surface area contributed by atoms with Crippen molar-refractivity contribution in [1.29, 1.82) is 0 Å². The van der Waals surface area contributed by atoms with Crippen molar-refractivity contribution in [2.24, 2.45) is 0 Å². The van der Waals surface area contributed by atoms with Gasteiger partial charge in [0.25, 0.3) is 0 Å². The van der Waals surface area contributed by atoms with Crippen molar-refractivity contribution in [2.45, 2.75) is 6.42 Å². The van der Waals surface area contributed by atoms with Crippen LogP contribution in [0.4, 0.5) is 5.69 Å². The number of carbonyl (C=O) groups is 1. The molecule has 0 aliphatic heterocycles. The van der Waals surface area contributed by atoms with Crippen molar-refractivity contribution in [3.63, 3.8) is 0 Å². The zero-order valence-corrected chi connectivity index (χ0v) is 11.5. The highest BCUT2D eigenvalue weighted by molar-refractivity contribution is 9.09. The van der Waals surface area contributed by atoms with Crippen LogP contribution in [0.15, 0.2) is 24.5 Å². The minimum Gasteiger partial charge on any atom is -0.325 e. The first-order valence-corrected chi connectivity index (χ1v) is 6.59. The van der Waals surface area contributed by atoms with E-state index < -0.39 is 0 Å². The second-order valence-corrected chi connectivity index (χ2v) is 4.61. The lowest BCUT2D eigenvalue weighted by atomic mass is 10.2. The average Bonchev–Trinajstić information content (AvgIpc) is 2.86. The fourth-order valence-corrected chi connectivity index (χ4v) is 1.85. The number of aromatic nitrogens is 4. The number of nitrogens with one attached hydrogen (secondary N) is 1. The van der Waals surface area contributed by atoms with E-state index in [-0.39, 0.29) is 5.91 Å². The number of tetrazole rings is 1. The highest BCUT2D eigenvalue weighted by Gasteiger charge is 2.07. The van der Waals surface area contributed by atoms with E-state index in [0.717, 1.165) is 5.69 Å². The third-order valence-electron chi connectivity index (χ3n) is 2.16. The Balaban J connectivity index is 2.24. The van der Waals surface area contributed by atoms with Gasteiger partial charge >= 0.3 is 0 Å². The lowest BCUT2D eigenvalue weighted by Crippen LogP contribution is -2.12. The van der Waals surface area contributed by atoms with Crippen LogP contribution in [0.1, 0.15) is 6.42 Å². The SMILES string of the molecule is O=C(CCBr)Nc1cc(-n2cnnn2)ccc1Cl. The van der Waals surface area contributed by atoms with Crippen LogP contribution in [0.25, 0.3) is 5.69 Å². The monoisotopic (exact) mass is 329 g/mol. The fraction of sp³-hybridized carbons (Fsp3) is 0.200. The molecule has 2 aromatic rings. The molecule has 0 radical (unpaired) electrons. The van der Waals surface area contributed by atoms with Gasteiger partial charge in [0.05, 0.1) is 16.4 Å². The Hall–Kier alpha value is -1.47. The van der Waals surface area contributed by atoms with Gasteiger partial charge in [-0.25, -0.2) is 4.68 Å². The molecule has 0 unspecified atom stereocenters. The molecule has 18 heavy (non-hydrogen) atoms. The lowest BCUT2D eigenvalue weighted by Gasteiger charge is -2.08. The van der Waals surface area contributed by atoms with Gasteiger partial charge in [0.1, 0.15) is 6.33 Å². The highest BCUT2D eigenvalue weighted by atomic mass is 79.9. The first-order valence-electron chi connectivity index (χ1n) is 5.09. The number of carbonyl (C=O) groups excluding carboxylic acids is 1. The molecule has 6 nitrogen and oxygen atoms in total. The van der Waals surface area contributed by atoms with Crippen molar-refractivity contribution in [2.75, 3.05) is 10.6 Å². The maximum atomic E-state index is 11.5. The number of amides is 1. The van der Waals surface area contributed by atoms with Crippen LogP contribution in [0.2, 0.25) is 5.02 Å². The molecule has 0 spiro atoms. The van der Waals surface area contributed by atoms with E-state index in [9.17, 15) is 4.79 Å². The van der Waals surface area contributed by atoms with Gasteiger partial charge in [0.2, 0.25) is 5.91 Å². The molecule has 0 aliphatic carbocycles. The molecule has 1 amide bonds. The van der Waals surface area contributed by atoms with Gasteiger partial charge in [-0.15, -0.1) is 5.10 Å². The van der Waals surface area contributed by atoms with Crippen LogP contribution in [0.3, 0.4) is 0 Å². The molecule has 1 aromatic heterocycles. The van der Waals surface area contributed by atoms with Crippen molar-refractivity contribution in [3.8, 4) is 5.69 Å². The van der Waals surface area contributed by atoms with Crippen LogP contribution >= 0.6 is 27.5 Å².